The molecule has 30 heavy (non-hydrogen) atoms. The first-order valence-corrected chi connectivity index (χ1v) is 11.2. The summed E-state index contributed by atoms with van der Waals surface area (Å²) in [7, 11) is 3.17. The van der Waals surface area contributed by atoms with E-state index in [1.54, 1.807) is 32.4 Å². The molecule has 3 atom stereocenters. The molecule has 1 heterocycles. The molecule has 4 nitrogen and oxygen atoms in total. The topological polar surface area (TPSA) is 38.8 Å². The molecule has 0 N–H and O–H groups in total. The third-order valence-electron chi connectivity index (χ3n) is 6.59. The quantitative estimate of drug-likeness (QED) is 0.530. The fourth-order valence-electron chi connectivity index (χ4n) is 5.07. The summed E-state index contributed by atoms with van der Waals surface area (Å²) < 4.78 is 10.7. The molecule has 160 valence electrons. The first-order valence-electron chi connectivity index (χ1n) is 10.4. The molecule has 2 aromatic rings. The number of rotatable bonds is 4. The van der Waals surface area contributed by atoms with Gasteiger partial charge in [-0.25, -0.2) is 0 Å². The van der Waals surface area contributed by atoms with E-state index in [9.17, 15) is 4.79 Å². The molecule has 2 aromatic carbocycles. The van der Waals surface area contributed by atoms with Crippen LogP contribution < -0.4 is 9.47 Å². The van der Waals surface area contributed by atoms with E-state index in [0.29, 0.717) is 28.6 Å². The van der Waals surface area contributed by atoms with Crippen molar-refractivity contribution >= 4 is 29.1 Å². The first-order chi connectivity index (χ1) is 14.5. The minimum atomic E-state index is -0.287. The Morgan fingerprint density at radius 1 is 1.07 bits per heavy atom. The third-order valence-corrected chi connectivity index (χ3v) is 7.59. The molecule has 4 rings (SSSR count). The number of carbonyl (C=O) groups excluding carboxylic acids is 1. The van der Waals surface area contributed by atoms with Crippen molar-refractivity contribution in [2.24, 2.45) is 5.92 Å². The molecule has 0 bridgehead atoms. The summed E-state index contributed by atoms with van der Waals surface area (Å²) in [6.07, 6.45) is 5.01. The molecule has 1 saturated carbocycles. The second-order valence-corrected chi connectivity index (χ2v) is 9.36. The lowest BCUT2D eigenvalue weighted by atomic mass is 9.68. The minimum absolute atomic E-state index is 0.0543. The molecule has 0 radical (unpaired) electrons. The monoisotopic (exact) mass is 447 g/mol. The number of ether oxygens (including phenoxy) is 2. The van der Waals surface area contributed by atoms with Crippen LogP contribution in [0.15, 0.2) is 42.5 Å². The number of carbonyl (C=O) groups is 1. The normalized spacial score (nSPS) is 26.1. The molecule has 6 heteroatoms. The van der Waals surface area contributed by atoms with Gasteiger partial charge in [0.2, 0.25) is 0 Å². The number of alkyl halides is 1. The molecular formula is C24H27Cl2NO3. The number of nitrogens with zero attached hydrogens (tertiary/aromatic N) is 1. The fourth-order valence-corrected chi connectivity index (χ4v) is 5.76. The number of likely N-dealkylation sites (tertiary alicyclic amines) is 1. The number of fused-ring (bicyclic) bond motifs is 1. The maximum atomic E-state index is 13.7. The van der Waals surface area contributed by atoms with Crippen LogP contribution in [0.5, 0.6) is 11.5 Å². The van der Waals surface area contributed by atoms with E-state index in [1.807, 2.05) is 29.2 Å². The molecule has 1 aliphatic heterocycles. The van der Waals surface area contributed by atoms with E-state index in [-0.39, 0.29) is 22.7 Å². The van der Waals surface area contributed by atoms with Crippen LogP contribution in [-0.4, -0.2) is 36.4 Å². The summed E-state index contributed by atoms with van der Waals surface area (Å²) in [5.41, 5.74) is 1.51. The van der Waals surface area contributed by atoms with Crippen molar-refractivity contribution in [2.75, 3.05) is 20.8 Å². The lowest BCUT2D eigenvalue weighted by Crippen LogP contribution is -2.53. The van der Waals surface area contributed by atoms with Crippen molar-refractivity contribution in [1.82, 2.24) is 4.90 Å². The van der Waals surface area contributed by atoms with E-state index in [1.165, 1.54) is 0 Å². The van der Waals surface area contributed by atoms with Crippen LogP contribution in [0.3, 0.4) is 0 Å². The number of piperidine rings is 1. The van der Waals surface area contributed by atoms with Crippen molar-refractivity contribution in [3.05, 3.63) is 58.6 Å². The van der Waals surface area contributed by atoms with E-state index in [2.05, 4.69) is 0 Å². The molecule has 2 aliphatic rings. The van der Waals surface area contributed by atoms with E-state index in [4.69, 9.17) is 32.7 Å². The number of halogens is 2. The van der Waals surface area contributed by atoms with E-state index >= 15 is 0 Å². The van der Waals surface area contributed by atoms with Gasteiger partial charge in [0.1, 0.15) is 11.5 Å². The van der Waals surface area contributed by atoms with Crippen molar-refractivity contribution in [1.29, 1.82) is 0 Å². The predicted molar refractivity (Wildman–Crippen MR) is 120 cm³/mol. The summed E-state index contributed by atoms with van der Waals surface area (Å²) in [5.74, 6) is 1.29. The highest BCUT2D eigenvalue weighted by Gasteiger charge is 2.50. The molecule has 0 aromatic heterocycles. The number of benzene rings is 2. The van der Waals surface area contributed by atoms with Crippen LogP contribution in [0.2, 0.25) is 5.02 Å². The van der Waals surface area contributed by atoms with Crippen LogP contribution >= 0.6 is 23.2 Å². The molecule has 1 amide bonds. The maximum Gasteiger partial charge on any atom is 0.254 e. The standard InChI is InChI=1S/C24H27Cl2NO3/c1-29-17-13-16(14-18(15-17)30-2)23(28)27-12-11-24(26)10-6-5-8-20(24)22(27)19-7-3-4-9-21(19)25/h3-4,7,9,13-15,20,22H,5-6,8,10-12H2,1-2H3. The zero-order valence-electron chi connectivity index (χ0n) is 17.4. The zero-order chi connectivity index (χ0) is 21.3. The van der Waals surface area contributed by atoms with Crippen LogP contribution in [0.4, 0.5) is 0 Å². The average Bonchev–Trinajstić information content (AvgIpc) is 2.77. The Balaban J connectivity index is 1.77. The highest BCUT2D eigenvalue weighted by molar-refractivity contribution is 6.31. The van der Waals surface area contributed by atoms with E-state index < -0.39 is 0 Å². The molecule has 1 aliphatic carbocycles. The van der Waals surface area contributed by atoms with Crippen LogP contribution in [0, 0.1) is 5.92 Å². The van der Waals surface area contributed by atoms with Gasteiger partial charge in [-0.3, -0.25) is 4.79 Å². The number of methoxy groups -OCH3 is 2. The molecular weight excluding hydrogens is 421 g/mol. The zero-order valence-corrected chi connectivity index (χ0v) is 18.9. The Morgan fingerprint density at radius 3 is 2.43 bits per heavy atom. The van der Waals surface area contributed by atoms with Gasteiger partial charge in [-0.1, -0.05) is 42.6 Å². The van der Waals surface area contributed by atoms with Crippen molar-refractivity contribution in [2.45, 2.75) is 43.0 Å². The lowest BCUT2D eigenvalue weighted by molar-refractivity contribution is 0.0279. The van der Waals surface area contributed by atoms with Crippen LogP contribution in [0.1, 0.15) is 54.1 Å². The van der Waals surface area contributed by atoms with Gasteiger partial charge in [0.15, 0.2) is 0 Å². The van der Waals surface area contributed by atoms with Gasteiger partial charge in [0.05, 0.1) is 25.1 Å². The van der Waals surface area contributed by atoms with Crippen LogP contribution in [0.25, 0.3) is 0 Å². The second kappa shape index (κ2) is 8.68. The summed E-state index contributed by atoms with van der Waals surface area (Å²) >= 11 is 13.8. The Bertz CT molecular complexity index is 912. The number of hydrogen-bond acceptors (Lipinski definition) is 3. The van der Waals surface area contributed by atoms with E-state index in [0.717, 1.165) is 37.7 Å². The SMILES string of the molecule is COc1cc(OC)cc(C(=O)N2CCC3(Cl)CCCCC3C2c2ccccc2Cl)c1. The highest BCUT2D eigenvalue weighted by atomic mass is 35.5. The summed E-state index contributed by atoms with van der Waals surface area (Å²) in [4.78, 5) is 15.4. The Morgan fingerprint density at radius 2 is 1.77 bits per heavy atom. The Labute approximate surface area is 188 Å². The second-order valence-electron chi connectivity index (χ2n) is 8.20. The summed E-state index contributed by atoms with van der Waals surface area (Å²) in [6.45, 7) is 0.592. The summed E-state index contributed by atoms with van der Waals surface area (Å²) in [5, 5.41) is 0.676. The maximum absolute atomic E-state index is 13.7. The third kappa shape index (κ3) is 3.88. The summed E-state index contributed by atoms with van der Waals surface area (Å²) in [6, 6.07) is 12.9. The van der Waals surface area contributed by atoms with Crippen molar-refractivity contribution < 1.29 is 14.3 Å². The Kier molecular flexibility index (Phi) is 6.17. The average molecular weight is 448 g/mol. The van der Waals surface area contributed by atoms with Gasteiger partial charge in [0.25, 0.3) is 5.91 Å². The van der Waals surface area contributed by atoms with Crippen molar-refractivity contribution in [3.8, 4) is 11.5 Å². The fraction of sp³-hybridized carbons (Fsp3) is 0.458. The predicted octanol–water partition coefficient (Wildman–Crippen LogP) is 6.11. The van der Waals surface area contributed by atoms with Gasteiger partial charge in [-0.15, -0.1) is 11.6 Å². The highest BCUT2D eigenvalue weighted by Crippen LogP contribution is 2.53. The van der Waals surface area contributed by atoms with Gasteiger partial charge in [0, 0.05) is 29.1 Å². The van der Waals surface area contributed by atoms with Gasteiger partial charge >= 0.3 is 0 Å². The number of hydrogen-bond donors (Lipinski definition) is 0. The molecule has 3 unspecified atom stereocenters. The first kappa shape index (κ1) is 21.3. The van der Waals surface area contributed by atoms with Crippen molar-refractivity contribution in [3.63, 3.8) is 0 Å². The number of amides is 1. The molecule has 0 spiro atoms. The van der Waals surface area contributed by atoms with Gasteiger partial charge < -0.3 is 14.4 Å². The van der Waals surface area contributed by atoms with Crippen LogP contribution in [-0.2, 0) is 0 Å². The smallest absolute Gasteiger partial charge is 0.254 e. The van der Waals surface area contributed by atoms with Gasteiger partial charge in [-0.2, -0.15) is 0 Å². The molecule has 2 fully saturated rings. The largest absolute Gasteiger partial charge is 0.497 e. The Hall–Kier alpha value is -1.91. The lowest BCUT2D eigenvalue weighted by Gasteiger charge is -2.52. The molecule has 1 saturated heterocycles. The van der Waals surface area contributed by atoms with Gasteiger partial charge in [-0.05, 0) is 43.0 Å². The minimum Gasteiger partial charge on any atom is -0.497 e.